The fourth-order valence-electron chi connectivity index (χ4n) is 4.74. The van der Waals surface area contributed by atoms with Crippen LogP contribution in [0.25, 0.3) is 0 Å². The first-order valence-electron chi connectivity index (χ1n) is 9.53. The van der Waals surface area contributed by atoms with Crippen LogP contribution < -0.4 is 0 Å². The molecule has 3 saturated heterocycles. The predicted octanol–water partition coefficient (Wildman–Crippen LogP) is 1.03. The number of rotatable bonds is 5. The lowest BCUT2D eigenvalue weighted by Gasteiger charge is -2.45. The van der Waals surface area contributed by atoms with Crippen LogP contribution in [0.15, 0.2) is 0 Å². The standard InChI is InChI=1S/C17H29N3O3S/c21-16-5-6-17(20(16)14-13-18-9-1-2-10-18)7-11-19(12-8-17)24(22,23)15-3-4-15/h15H,1-14H2. The molecular formula is C17H29N3O3S. The molecule has 3 aliphatic heterocycles. The van der Waals surface area contributed by atoms with Gasteiger partial charge in [0.05, 0.1) is 5.25 Å². The second-order valence-electron chi connectivity index (χ2n) is 7.96. The summed E-state index contributed by atoms with van der Waals surface area (Å²) in [6.45, 7) is 5.27. The molecule has 4 rings (SSSR count). The van der Waals surface area contributed by atoms with E-state index in [0.29, 0.717) is 19.5 Å². The van der Waals surface area contributed by atoms with Gasteiger partial charge in [-0.15, -0.1) is 0 Å². The van der Waals surface area contributed by atoms with Crippen molar-refractivity contribution in [3.63, 3.8) is 0 Å². The molecule has 0 aromatic rings. The van der Waals surface area contributed by atoms with Gasteiger partial charge in [-0.1, -0.05) is 0 Å². The van der Waals surface area contributed by atoms with Gasteiger partial charge in [-0.05, 0) is 58.0 Å². The van der Waals surface area contributed by atoms with Crippen LogP contribution >= 0.6 is 0 Å². The van der Waals surface area contributed by atoms with Gasteiger partial charge in [0.2, 0.25) is 15.9 Å². The van der Waals surface area contributed by atoms with Gasteiger partial charge in [0, 0.05) is 38.1 Å². The van der Waals surface area contributed by atoms with Crippen LogP contribution in [0.5, 0.6) is 0 Å². The SMILES string of the molecule is O=C1CCC2(CCN(S(=O)(=O)C3CC3)CC2)N1CCN1CCCC1. The van der Waals surface area contributed by atoms with Crippen LogP contribution in [0, 0.1) is 0 Å². The molecule has 4 fully saturated rings. The Morgan fingerprint density at radius 3 is 2.25 bits per heavy atom. The predicted molar refractivity (Wildman–Crippen MR) is 92.1 cm³/mol. The molecule has 1 amide bonds. The lowest BCUT2D eigenvalue weighted by molar-refractivity contribution is -0.132. The third kappa shape index (κ3) is 2.99. The number of carbonyl (C=O) groups is 1. The van der Waals surface area contributed by atoms with Crippen molar-refractivity contribution in [1.29, 1.82) is 0 Å². The van der Waals surface area contributed by atoms with Gasteiger partial charge in [-0.3, -0.25) is 4.79 Å². The van der Waals surface area contributed by atoms with Crippen molar-refractivity contribution in [2.24, 2.45) is 0 Å². The molecule has 136 valence electrons. The fourth-order valence-corrected chi connectivity index (χ4v) is 6.58. The zero-order valence-electron chi connectivity index (χ0n) is 14.5. The lowest BCUT2D eigenvalue weighted by atomic mass is 9.86. The summed E-state index contributed by atoms with van der Waals surface area (Å²) in [5, 5.41) is -0.122. The maximum absolute atomic E-state index is 12.4. The summed E-state index contributed by atoms with van der Waals surface area (Å²) in [6.07, 6.45) is 7.35. The minimum Gasteiger partial charge on any atom is -0.336 e. The molecule has 4 aliphatic rings. The van der Waals surface area contributed by atoms with Crippen molar-refractivity contribution < 1.29 is 13.2 Å². The Labute approximate surface area is 145 Å². The molecule has 1 aliphatic carbocycles. The van der Waals surface area contributed by atoms with Gasteiger partial charge in [0.25, 0.3) is 0 Å². The van der Waals surface area contributed by atoms with Gasteiger partial charge in [-0.25, -0.2) is 12.7 Å². The van der Waals surface area contributed by atoms with Gasteiger partial charge < -0.3 is 9.80 Å². The molecule has 0 radical (unpaired) electrons. The molecule has 1 spiro atoms. The van der Waals surface area contributed by atoms with E-state index in [2.05, 4.69) is 9.80 Å². The van der Waals surface area contributed by atoms with E-state index in [1.807, 2.05) is 0 Å². The zero-order valence-corrected chi connectivity index (χ0v) is 15.3. The van der Waals surface area contributed by atoms with Crippen molar-refractivity contribution in [3.8, 4) is 0 Å². The monoisotopic (exact) mass is 355 g/mol. The van der Waals surface area contributed by atoms with Gasteiger partial charge in [0.1, 0.15) is 0 Å². The van der Waals surface area contributed by atoms with Crippen LogP contribution in [0.3, 0.4) is 0 Å². The summed E-state index contributed by atoms with van der Waals surface area (Å²) in [4.78, 5) is 17.0. The second-order valence-corrected chi connectivity index (χ2v) is 10.2. The maximum atomic E-state index is 12.4. The Morgan fingerprint density at radius 1 is 0.958 bits per heavy atom. The van der Waals surface area contributed by atoms with Crippen LogP contribution in [-0.4, -0.2) is 78.5 Å². The van der Waals surface area contributed by atoms with E-state index in [1.165, 1.54) is 12.8 Å². The smallest absolute Gasteiger partial charge is 0.223 e. The molecule has 6 nitrogen and oxygen atoms in total. The Kier molecular flexibility index (Phi) is 4.37. The molecular weight excluding hydrogens is 326 g/mol. The second kappa shape index (κ2) is 6.25. The van der Waals surface area contributed by atoms with Crippen LogP contribution in [0.4, 0.5) is 0 Å². The Bertz CT molecular complexity index is 588. The van der Waals surface area contributed by atoms with Crippen LogP contribution in [0.1, 0.15) is 51.4 Å². The molecule has 1 saturated carbocycles. The first-order chi connectivity index (χ1) is 11.5. The summed E-state index contributed by atoms with van der Waals surface area (Å²) < 4.78 is 26.6. The highest BCUT2D eigenvalue weighted by Gasteiger charge is 2.49. The van der Waals surface area contributed by atoms with E-state index in [-0.39, 0.29) is 16.7 Å². The van der Waals surface area contributed by atoms with Crippen molar-refractivity contribution in [1.82, 2.24) is 14.1 Å². The highest BCUT2D eigenvalue weighted by Crippen LogP contribution is 2.41. The van der Waals surface area contributed by atoms with Gasteiger partial charge in [-0.2, -0.15) is 0 Å². The number of nitrogens with zero attached hydrogens (tertiary/aromatic N) is 3. The summed E-state index contributed by atoms with van der Waals surface area (Å²) in [5.74, 6) is 0.271. The van der Waals surface area contributed by atoms with E-state index in [0.717, 1.165) is 58.3 Å². The van der Waals surface area contributed by atoms with E-state index < -0.39 is 10.0 Å². The summed E-state index contributed by atoms with van der Waals surface area (Å²) in [6, 6.07) is 0. The normalized spacial score (nSPS) is 29.0. The lowest BCUT2D eigenvalue weighted by Crippen LogP contribution is -2.55. The van der Waals surface area contributed by atoms with Gasteiger partial charge in [0.15, 0.2) is 0 Å². The van der Waals surface area contributed by atoms with E-state index in [9.17, 15) is 13.2 Å². The first-order valence-corrected chi connectivity index (χ1v) is 11.0. The van der Waals surface area contributed by atoms with Gasteiger partial charge >= 0.3 is 0 Å². The number of amides is 1. The first kappa shape index (κ1) is 16.8. The van der Waals surface area contributed by atoms with Crippen molar-refractivity contribution in [2.75, 3.05) is 39.3 Å². The third-order valence-electron chi connectivity index (χ3n) is 6.48. The van der Waals surface area contributed by atoms with Crippen LogP contribution in [-0.2, 0) is 14.8 Å². The molecule has 0 bridgehead atoms. The molecule has 0 N–H and O–H groups in total. The Hall–Kier alpha value is -0.660. The maximum Gasteiger partial charge on any atom is 0.223 e. The third-order valence-corrected chi connectivity index (χ3v) is 8.87. The van der Waals surface area contributed by atoms with E-state index in [4.69, 9.17) is 0 Å². The van der Waals surface area contributed by atoms with Crippen molar-refractivity contribution in [2.45, 2.75) is 62.2 Å². The van der Waals surface area contributed by atoms with Crippen molar-refractivity contribution >= 4 is 15.9 Å². The largest absolute Gasteiger partial charge is 0.336 e. The molecule has 3 heterocycles. The Morgan fingerprint density at radius 2 is 1.62 bits per heavy atom. The van der Waals surface area contributed by atoms with Crippen LogP contribution in [0.2, 0.25) is 0 Å². The highest BCUT2D eigenvalue weighted by atomic mass is 32.2. The number of likely N-dealkylation sites (tertiary alicyclic amines) is 2. The number of carbonyl (C=O) groups excluding carboxylic acids is 1. The number of hydrogen-bond donors (Lipinski definition) is 0. The average molecular weight is 356 g/mol. The quantitative estimate of drug-likeness (QED) is 0.739. The molecule has 0 aromatic heterocycles. The summed E-state index contributed by atoms with van der Waals surface area (Å²) in [5.41, 5.74) is -0.0770. The number of sulfonamides is 1. The summed E-state index contributed by atoms with van der Waals surface area (Å²) in [7, 11) is -3.07. The number of piperidine rings is 1. The van der Waals surface area contributed by atoms with E-state index >= 15 is 0 Å². The molecule has 0 atom stereocenters. The van der Waals surface area contributed by atoms with Crippen molar-refractivity contribution in [3.05, 3.63) is 0 Å². The molecule has 24 heavy (non-hydrogen) atoms. The molecule has 7 heteroatoms. The summed E-state index contributed by atoms with van der Waals surface area (Å²) >= 11 is 0. The Balaban J connectivity index is 1.39. The van der Waals surface area contributed by atoms with E-state index in [1.54, 1.807) is 4.31 Å². The fraction of sp³-hybridized carbons (Fsp3) is 0.941. The minimum atomic E-state index is -3.07. The number of hydrogen-bond acceptors (Lipinski definition) is 4. The zero-order chi connectivity index (χ0) is 16.8. The molecule has 0 aromatic carbocycles. The topological polar surface area (TPSA) is 60.9 Å². The average Bonchev–Trinajstić information content (AvgIpc) is 3.25. The molecule has 0 unspecified atom stereocenters. The highest BCUT2D eigenvalue weighted by molar-refractivity contribution is 7.90. The minimum absolute atomic E-state index is 0.0770.